The first-order chi connectivity index (χ1) is 6.37. The molecule has 0 aromatic heterocycles. The third-order valence-electron chi connectivity index (χ3n) is 2.63. The van der Waals surface area contributed by atoms with Crippen LogP contribution >= 0.6 is 0 Å². The number of hydrogen-bond donors (Lipinski definition) is 0. The fraction of sp³-hybridized carbons (Fsp3) is 0.583. The molecule has 0 saturated carbocycles. The van der Waals surface area contributed by atoms with Crippen molar-refractivity contribution in [3.63, 3.8) is 0 Å². The first-order valence-corrected chi connectivity index (χ1v) is 4.90. The van der Waals surface area contributed by atoms with Gasteiger partial charge in [-0.15, -0.1) is 0 Å². The van der Waals surface area contributed by atoms with E-state index in [1.165, 1.54) is 0 Å². The fourth-order valence-electron chi connectivity index (χ4n) is 2.02. The highest BCUT2D eigenvalue weighted by atomic mass is 16.1. The van der Waals surface area contributed by atoms with Gasteiger partial charge < -0.3 is 9.69 Å². The molecule has 2 nitrogen and oxygen atoms in total. The molecule has 0 amide bonds. The largest absolute Gasteiger partial charge is 0.380 e. The van der Waals surface area contributed by atoms with Gasteiger partial charge in [-0.3, -0.25) is 0 Å². The van der Waals surface area contributed by atoms with Crippen LogP contribution in [0.4, 0.5) is 0 Å². The summed E-state index contributed by atoms with van der Waals surface area (Å²) in [5.74, 6) is -0.113. The molecule has 2 heteroatoms. The van der Waals surface area contributed by atoms with E-state index in [2.05, 4.69) is 26.5 Å². The normalized spacial score (nSPS) is 25.6. The minimum Gasteiger partial charge on any atom is -0.380 e. The van der Waals surface area contributed by atoms with Crippen LogP contribution in [0.5, 0.6) is 0 Å². The Labute approximate surface area is 86.3 Å². The number of carbonyl (C=O) groups is 1. The molecule has 0 aromatic rings. The molecular weight excluding hydrogens is 174 g/mol. The molecule has 0 spiro atoms. The lowest BCUT2D eigenvalue weighted by molar-refractivity contribution is -0.109. The van der Waals surface area contributed by atoms with Crippen molar-refractivity contribution in [3.8, 4) is 0 Å². The molecule has 0 fully saturated rings. The number of allylic oxidation sites excluding steroid dienone is 2. The van der Waals surface area contributed by atoms with Crippen LogP contribution in [0.3, 0.4) is 0 Å². The first-order valence-electron chi connectivity index (χ1n) is 4.90. The summed E-state index contributed by atoms with van der Waals surface area (Å²) in [4.78, 5) is 13.0. The summed E-state index contributed by atoms with van der Waals surface area (Å²) in [6, 6.07) is 0. The van der Waals surface area contributed by atoms with Gasteiger partial charge in [0.25, 0.3) is 0 Å². The second kappa shape index (κ2) is 3.60. The van der Waals surface area contributed by atoms with Crippen molar-refractivity contribution in [1.29, 1.82) is 0 Å². The Kier molecular flexibility index (Phi) is 2.84. The second-order valence-electron chi connectivity index (χ2n) is 4.90. The van der Waals surface area contributed by atoms with Gasteiger partial charge in [0.2, 0.25) is 0 Å². The molecule has 1 rings (SSSR count). The minimum absolute atomic E-state index is 0.113. The van der Waals surface area contributed by atoms with E-state index in [4.69, 9.17) is 0 Å². The summed E-state index contributed by atoms with van der Waals surface area (Å²) in [6.45, 7) is 8.33. The molecule has 1 aliphatic carbocycles. The van der Waals surface area contributed by atoms with E-state index >= 15 is 0 Å². The number of rotatable bonds is 2. The van der Waals surface area contributed by atoms with E-state index in [1.54, 1.807) is 0 Å². The van der Waals surface area contributed by atoms with E-state index in [0.717, 1.165) is 24.0 Å². The van der Waals surface area contributed by atoms with Crippen molar-refractivity contribution in [2.24, 2.45) is 11.3 Å². The topological polar surface area (TPSA) is 20.3 Å². The summed E-state index contributed by atoms with van der Waals surface area (Å²) in [7, 11) is 3.94. The van der Waals surface area contributed by atoms with Crippen molar-refractivity contribution in [1.82, 2.24) is 4.90 Å². The van der Waals surface area contributed by atoms with Gasteiger partial charge in [0.1, 0.15) is 6.29 Å². The van der Waals surface area contributed by atoms with E-state index in [1.807, 2.05) is 19.0 Å². The maximum atomic E-state index is 11.0. The first kappa shape index (κ1) is 11.0. The standard InChI is InChI=1S/C12H19NO/c1-9-6-12(2,3)7-11(13(4)5)10(9)8-14/h7-8,10H,1,6H2,2-5H3. The molecule has 14 heavy (non-hydrogen) atoms. The van der Waals surface area contributed by atoms with Crippen molar-refractivity contribution >= 4 is 6.29 Å². The number of nitrogens with zero attached hydrogens (tertiary/aromatic N) is 1. The smallest absolute Gasteiger partial charge is 0.132 e. The Balaban J connectivity index is 3.11. The predicted octanol–water partition coefficient (Wildman–Crippen LogP) is 2.23. The Morgan fingerprint density at radius 2 is 2.14 bits per heavy atom. The zero-order valence-corrected chi connectivity index (χ0v) is 9.50. The molecule has 0 aliphatic heterocycles. The van der Waals surface area contributed by atoms with Crippen molar-refractivity contribution in [2.45, 2.75) is 20.3 Å². The van der Waals surface area contributed by atoms with Crippen molar-refractivity contribution in [2.75, 3.05) is 14.1 Å². The Morgan fingerprint density at radius 1 is 1.57 bits per heavy atom. The third kappa shape index (κ3) is 2.06. The Morgan fingerprint density at radius 3 is 2.57 bits per heavy atom. The van der Waals surface area contributed by atoms with Crippen LogP contribution in [0.25, 0.3) is 0 Å². The Hall–Kier alpha value is -1.05. The van der Waals surface area contributed by atoms with Gasteiger partial charge in [-0.05, 0) is 11.8 Å². The van der Waals surface area contributed by atoms with Crippen molar-refractivity contribution < 1.29 is 4.79 Å². The zero-order valence-electron chi connectivity index (χ0n) is 9.50. The number of aldehydes is 1. The molecule has 0 saturated heterocycles. The van der Waals surface area contributed by atoms with Gasteiger partial charge in [0.15, 0.2) is 0 Å². The highest BCUT2D eigenvalue weighted by molar-refractivity contribution is 5.65. The molecule has 1 atom stereocenters. The van der Waals surface area contributed by atoms with Crippen LogP contribution in [0, 0.1) is 11.3 Å². The maximum absolute atomic E-state index is 11.0. The van der Waals surface area contributed by atoms with Crippen LogP contribution in [-0.4, -0.2) is 25.3 Å². The van der Waals surface area contributed by atoms with Gasteiger partial charge >= 0.3 is 0 Å². The quantitative estimate of drug-likeness (QED) is 0.495. The lowest BCUT2D eigenvalue weighted by Crippen LogP contribution is -2.29. The third-order valence-corrected chi connectivity index (χ3v) is 2.63. The summed E-state index contributed by atoms with van der Waals surface area (Å²) >= 11 is 0. The number of hydrogen-bond acceptors (Lipinski definition) is 2. The molecule has 0 bridgehead atoms. The zero-order chi connectivity index (χ0) is 10.9. The van der Waals surface area contributed by atoms with E-state index in [0.29, 0.717) is 0 Å². The van der Waals surface area contributed by atoms with E-state index in [9.17, 15) is 4.79 Å². The average Bonchev–Trinajstić information content (AvgIpc) is 2.01. The molecule has 0 heterocycles. The Bertz CT molecular complexity index is 287. The SMILES string of the molecule is C=C1CC(C)(C)C=C(N(C)C)C1C=O. The lowest BCUT2D eigenvalue weighted by Gasteiger charge is -2.35. The van der Waals surface area contributed by atoms with E-state index < -0.39 is 0 Å². The maximum Gasteiger partial charge on any atom is 0.132 e. The summed E-state index contributed by atoms with van der Waals surface area (Å²) < 4.78 is 0. The molecule has 1 unspecified atom stereocenters. The van der Waals surface area contributed by atoms with Crippen LogP contribution in [0.2, 0.25) is 0 Å². The molecule has 78 valence electrons. The lowest BCUT2D eigenvalue weighted by atomic mass is 9.74. The van der Waals surface area contributed by atoms with Crippen molar-refractivity contribution in [3.05, 3.63) is 23.9 Å². The molecule has 0 radical (unpaired) electrons. The fourth-order valence-corrected chi connectivity index (χ4v) is 2.02. The molecular formula is C12H19NO. The summed E-state index contributed by atoms with van der Waals surface area (Å²) in [5, 5.41) is 0. The second-order valence-corrected chi connectivity index (χ2v) is 4.90. The summed E-state index contributed by atoms with van der Waals surface area (Å²) in [5.41, 5.74) is 2.22. The molecule has 0 N–H and O–H groups in total. The molecule has 0 aromatic carbocycles. The van der Waals surface area contributed by atoms with Crippen LogP contribution in [0.1, 0.15) is 20.3 Å². The van der Waals surface area contributed by atoms with Gasteiger partial charge in [0.05, 0.1) is 5.92 Å². The predicted molar refractivity (Wildman–Crippen MR) is 58.9 cm³/mol. The highest BCUT2D eigenvalue weighted by Gasteiger charge is 2.30. The van der Waals surface area contributed by atoms with Crippen LogP contribution in [0.15, 0.2) is 23.9 Å². The van der Waals surface area contributed by atoms with Gasteiger partial charge in [-0.2, -0.15) is 0 Å². The molecule has 1 aliphatic rings. The summed E-state index contributed by atoms with van der Waals surface area (Å²) in [6.07, 6.45) is 4.07. The van der Waals surface area contributed by atoms with Gasteiger partial charge in [-0.25, -0.2) is 0 Å². The van der Waals surface area contributed by atoms with Crippen LogP contribution in [-0.2, 0) is 4.79 Å². The monoisotopic (exact) mass is 193 g/mol. The average molecular weight is 193 g/mol. The minimum atomic E-state index is -0.113. The highest BCUT2D eigenvalue weighted by Crippen LogP contribution is 2.39. The van der Waals surface area contributed by atoms with Gasteiger partial charge in [-0.1, -0.05) is 32.1 Å². The van der Waals surface area contributed by atoms with E-state index in [-0.39, 0.29) is 11.3 Å². The van der Waals surface area contributed by atoms with Gasteiger partial charge in [0, 0.05) is 19.8 Å². The van der Waals surface area contributed by atoms with Crippen LogP contribution < -0.4 is 0 Å². The number of carbonyl (C=O) groups excluding carboxylic acids is 1.